The molecule has 0 saturated heterocycles. The SMILES string of the molecule is Cc1ccc(O)cc1-c1nc(-c2ccn(C)n2)nc(C(N)=O)c1N. The lowest BCUT2D eigenvalue weighted by atomic mass is 10.0. The van der Waals surface area contributed by atoms with E-state index in [1.165, 1.54) is 6.07 Å². The van der Waals surface area contributed by atoms with Crippen molar-refractivity contribution >= 4 is 11.6 Å². The van der Waals surface area contributed by atoms with Gasteiger partial charge in [0, 0.05) is 18.8 Å². The predicted octanol–water partition coefficient (Wildman–Crippen LogP) is 1.24. The number of rotatable bonds is 3. The van der Waals surface area contributed by atoms with Crippen molar-refractivity contribution in [3.05, 3.63) is 41.7 Å². The highest BCUT2D eigenvalue weighted by Gasteiger charge is 2.20. The van der Waals surface area contributed by atoms with Gasteiger partial charge in [-0.1, -0.05) is 6.07 Å². The lowest BCUT2D eigenvalue weighted by Crippen LogP contribution is -2.18. The van der Waals surface area contributed by atoms with E-state index in [-0.39, 0.29) is 23.0 Å². The number of hydrogen-bond donors (Lipinski definition) is 3. The van der Waals surface area contributed by atoms with E-state index in [9.17, 15) is 9.90 Å². The number of aromatic nitrogens is 4. The third kappa shape index (κ3) is 2.65. The molecular weight excluding hydrogens is 308 g/mol. The molecular formula is C16H16N6O2. The first-order chi connectivity index (χ1) is 11.4. The normalized spacial score (nSPS) is 10.8. The Morgan fingerprint density at radius 3 is 2.62 bits per heavy atom. The molecule has 0 aliphatic heterocycles. The lowest BCUT2D eigenvalue weighted by Gasteiger charge is -2.12. The van der Waals surface area contributed by atoms with Gasteiger partial charge in [-0.25, -0.2) is 9.97 Å². The average molecular weight is 324 g/mol. The van der Waals surface area contributed by atoms with Crippen LogP contribution in [-0.2, 0) is 7.05 Å². The highest BCUT2D eigenvalue weighted by molar-refractivity contribution is 5.99. The molecule has 1 aromatic carbocycles. The van der Waals surface area contributed by atoms with Gasteiger partial charge in [0.2, 0.25) is 0 Å². The Hall–Kier alpha value is -3.42. The Balaban J connectivity index is 2.30. The first-order valence-corrected chi connectivity index (χ1v) is 7.14. The van der Waals surface area contributed by atoms with Gasteiger partial charge in [0.25, 0.3) is 5.91 Å². The third-order valence-electron chi connectivity index (χ3n) is 3.60. The van der Waals surface area contributed by atoms with Gasteiger partial charge in [-0.2, -0.15) is 5.10 Å². The maximum atomic E-state index is 11.7. The molecule has 0 atom stereocenters. The number of amides is 1. The second-order valence-corrected chi connectivity index (χ2v) is 5.40. The molecule has 8 heteroatoms. The number of aromatic hydroxyl groups is 1. The van der Waals surface area contributed by atoms with Gasteiger partial charge in [-0.15, -0.1) is 0 Å². The lowest BCUT2D eigenvalue weighted by molar-refractivity contribution is 0.0996. The van der Waals surface area contributed by atoms with E-state index in [1.54, 1.807) is 36.1 Å². The number of hydrogen-bond acceptors (Lipinski definition) is 6. The number of nitrogens with two attached hydrogens (primary N) is 2. The predicted molar refractivity (Wildman–Crippen MR) is 89.0 cm³/mol. The van der Waals surface area contributed by atoms with E-state index >= 15 is 0 Å². The van der Waals surface area contributed by atoms with Crippen molar-refractivity contribution in [1.29, 1.82) is 0 Å². The van der Waals surface area contributed by atoms with Crippen molar-refractivity contribution < 1.29 is 9.90 Å². The minimum atomic E-state index is -0.758. The quantitative estimate of drug-likeness (QED) is 0.664. The van der Waals surface area contributed by atoms with Gasteiger partial charge in [0.15, 0.2) is 11.5 Å². The van der Waals surface area contributed by atoms with Crippen LogP contribution in [0.4, 0.5) is 5.69 Å². The number of carbonyl (C=O) groups is 1. The summed E-state index contributed by atoms with van der Waals surface area (Å²) in [5.41, 5.74) is 13.7. The van der Waals surface area contributed by atoms with Gasteiger partial charge < -0.3 is 16.6 Å². The van der Waals surface area contributed by atoms with Crippen LogP contribution in [0.15, 0.2) is 30.5 Å². The van der Waals surface area contributed by atoms with E-state index in [2.05, 4.69) is 15.1 Å². The van der Waals surface area contributed by atoms with Gasteiger partial charge in [0.05, 0.1) is 11.4 Å². The number of aryl methyl sites for hydroxylation is 2. The zero-order valence-corrected chi connectivity index (χ0v) is 13.2. The molecule has 0 fully saturated rings. The van der Waals surface area contributed by atoms with Gasteiger partial charge in [-0.05, 0) is 30.7 Å². The fourth-order valence-corrected chi connectivity index (χ4v) is 2.38. The maximum Gasteiger partial charge on any atom is 0.269 e. The number of anilines is 1. The molecule has 24 heavy (non-hydrogen) atoms. The molecule has 0 bridgehead atoms. The Bertz CT molecular complexity index is 948. The molecule has 5 N–H and O–H groups in total. The van der Waals surface area contributed by atoms with E-state index in [0.717, 1.165) is 5.56 Å². The summed E-state index contributed by atoms with van der Waals surface area (Å²) in [5, 5.41) is 14.0. The van der Waals surface area contributed by atoms with Crippen LogP contribution in [0, 0.1) is 6.92 Å². The van der Waals surface area contributed by atoms with Gasteiger partial charge >= 0.3 is 0 Å². The molecule has 2 heterocycles. The zero-order chi connectivity index (χ0) is 17.4. The molecule has 3 aromatic rings. The Kier molecular flexibility index (Phi) is 3.64. The molecule has 8 nitrogen and oxygen atoms in total. The monoisotopic (exact) mass is 324 g/mol. The topological polar surface area (TPSA) is 133 Å². The largest absolute Gasteiger partial charge is 0.508 e. The van der Waals surface area contributed by atoms with Crippen LogP contribution in [0.3, 0.4) is 0 Å². The summed E-state index contributed by atoms with van der Waals surface area (Å²) in [4.78, 5) is 20.3. The summed E-state index contributed by atoms with van der Waals surface area (Å²) >= 11 is 0. The van der Waals surface area contributed by atoms with Crippen LogP contribution >= 0.6 is 0 Å². The van der Waals surface area contributed by atoms with Crippen LogP contribution in [0.1, 0.15) is 16.1 Å². The Morgan fingerprint density at radius 2 is 2.00 bits per heavy atom. The maximum absolute atomic E-state index is 11.7. The number of phenols is 1. The molecule has 122 valence electrons. The minimum Gasteiger partial charge on any atom is -0.508 e. The van der Waals surface area contributed by atoms with Crippen molar-refractivity contribution in [2.24, 2.45) is 12.8 Å². The standard InChI is InChI=1S/C16H16N6O2/c1-8-3-4-9(23)7-10(8)13-12(17)14(15(18)24)20-16(19-13)11-5-6-22(2)21-11/h3-7,23H,17H2,1-2H3,(H2,18,24). The third-order valence-corrected chi connectivity index (χ3v) is 3.60. The van der Waals surface area contributed by atoms with Crippen LogP contribution in [0.25, 0.3) is 22.8 Å². The molecule has 1 amide bonds. The Labute approximate surface area is 137 Å². The van der Waals surface area contributed by atoms with Crippen molar-refractivity contribution in [3.63, 3.8) is 0 Å². The Morgan fingerprint density at radius 1 is 1.25 bits per heavy atom. The number of benzene rings is 1. The number of carbonyl (C=O) groups excluding carboxylic acids is 1. The zero-order valence-electron chi connectivity index (χ0n) is 13.2. The van der Waals surface area contributed by atoms with Crippen molar-refractivity contribution in [2.75, 3.05) is 5.73 Å². The highest BCUT2D eigenvalue weighted by Crippen LogP contribution is 2.32. The smallest absolute Gasteiger partial charge is 0.269 e. The molecule has 2 aromatic heterocycles. The number of nitrogens with zero attached hydrogens (tertiary/aromatic N) is 4. The fourth-order valence-electron chi connectivity index (χ4n) is 2.38. The first kappa shape index (κ1) is 15.5. The fraction of sp³-hybridized carbons (Fsp3) is 0.125. The summed E-state index contributed by atoms with van der Waals surface area (Å²) < 4.78 is 1.60. The number of nitrogen functional groups attached to an aromatic ring is 1. The van der Waals surface area contributed by atoms with Crippen LogP contribution in [0.2, 0.25) is 0 Å². The van der Waals surface area contributed by atoms with Crippen molar-refractivity contribution in [2.45, 2.75) is 6.92 Å². The van der Waals surface area contributed by atoms with E-state index in [4.69, 9.17) is 11.5 Å². The van der Waals surface area contributed by atoms with Crippen molar-refractivity contribution in [1.82, 2.24) is 19.7 Å². The highest BCUT2D eigenvalue weighted by atomic mass is 16.3. The summed E-state index contributed by atoms with van der Waals surface area (Å²) in [6.07, 6.45) is 1.73. The number of phenolic OH excluding ortho intramolecular Hbond substituents is 1. The molecule has 3 rings (SSSR count). The summed E-state index contributed by atoms with van der Waals surface area (Å²) in [7, 11) is 1.76. The average Bonchev–Trinajstić information content (AvgIpc) is 2.96. The van der Waals surface area contributed by atoms with Crippen LogP contribution in [-0.4, -0.2) is 30.8 Å². The molecule has 0 aliphatic rings. The minimum absolute atomic E-state index is 0.0635. The van der Waals surface area contributed by atoms with E-state index in [0.29, 0.717) is 17.0 Å². The second kappa shape index (κ2) is 5.65. The molecule has 0 aliphatic carbocycles. The van der Waals surface area contributed by atoms with E-state index < -0.39 is 5.91 Å². The molecule has 0 saturated carbocycles. The first-order valence-electron chi connectivity index (χ1n) is 7.14. The van der Waals surface area contributed by atoms with Gasteiger partial charge in [0.1, 0.15) is 11.4 Å². The van der Waals surface area contributed by atoms with Gasteiger partial charge in [-0.3, -0.25) is 9.48 Å². The number of primary amides is 1. The molecule has 0 radical (unpaired) electrons. The van der Waals surface area contributed by atoms with Crippen LogP contribution < -0.4 is 11.5 Å². The summed E-state index contributed by atoms with van der Waals surface area (Å²) in [6, 6.07) is 6.54. The summed E-state index contributed by atoms with van der Waals surface area (Å²) in [5.74, 6) is -0.462. The molecule has 0 spiro atoms. The summed E-state index contributed by atoms with van der Waals surface area (Å²) in [6.45, 7) is 1.85. The van der Waals surface area contributed by atoms with E-state index in [1.807, 2.05) is 6.92 Å². The van der Waals surface area contributed by atoms with Crippen molar-refractivity contribution in [3.8, 4) is 28.5 Å². The molecule has 0 unspecified atom stereocenters. The van der Waals surface area contributed by atoms with Crippen LogP contribution in [0.5, 0.6) is 5.75 Å². The second-order valence-electron chi connectivity index (χ2n) is 5.40.